The summed E-state index contributed by atoms with van der Waals surface area (Å²) in [6.07, 6.45) is 3.00. The van der Waals surface area contributed by atoms with Crippen LogP contribution in [0.15, 0.2) is 24.3 Å². The Hall–Kier alpha value is -1.88. The number of nitrogens with zero attached hydrogens (tertiary/aromatic N) is 2. The number of hydrogen-bond acceptors (Lipinski definition) is 3. The third-order valence-electron chi connectivity index (χ3n) is 4.32. The zero-order valence-corrected chi connectivity index (χ0v) is 12.3. The highest BCUT2D eigenvalue weighted by atomic mass is 16.3. The quantitative estimate of drug-likeness (QED) is 0.900. The smallest absolute Gasteiger partial charge is 0.252 e. The summed E-state index contributed by atoms with van der Waals surface area (Å²) in [5.74, 6) is 0.701. The first kappa shape index (κ1) is 14.1. The van der Waals surface area contributed by atoms with Crippen molar-refractivity contribution in [3.8, 4) is 0 Å². The van der Waals surface area contributed by atoms with Crippen LogP contribution >= 0.6 is 0 Å². The monoisotopic (exact) mass is 287 g/mol. The molecule has 1 amide bonds. The van der Waals surface area contributed by atoms with E-state index in [0.29, 0.717) is 25.9 Å². The molecule has 1 fully saturated rings. The van der Waals surface area contributed by atoms with Crippen molar-refractivity contribution in [3.63, 3.8) is 0 Å². The molecule has 2 N–H and O–H groups in total. The minimum Gasteiger partial charge on any atom is -0.380 e. The van der Waals surface area contributed by atoms with Gasteiger partial charge in [0.1, 0.15) is 11.4 Å². The molecule has 0 bridgehead atoms. The lowest BCUT2D eigenvalue weighted by Crippen LogP contribution is -2.45. The highest BCUT2D eigenvalue weighted by Gasteiger charge is 2.38. The summed E-state index contributed by atoms with van der Waals surface area (Å²) in [5.41, 5.74) is 0.894. The Kier molecular flexibility index (Phi) is 3.68. The number of carbonyl (C=O) groups is 1. The second kappa shape index (κ2) is 5.48. The van der Waals surface area contributed by atoms with Crippen LogP contribution in [-0.4, -0.2) is 32.7 Å². The van der Waals surface area contributed by atoms with Crippen LogP contribution in [0, 0.1) is 6.92 Å². The van der Waals surface area contributed by atoms with Gasteiger partial charge in [-0.3, -0.25) is 4.79 Å². The summed E-state index contributed by atoms with van der Waals surface area (Å²) in [5, 5.41) is 13.1. The second-order valence-electron chi connectivity index (χ2n) is 5.79. The zero-order chi connectivity index (χ0) is 14.9. The van der Waals surface area contributed by atoms with Crippen molar-refractivity contribution >= 4 is 16.9 Å². The Morgan fingerprint density at radius 2 is 2.10 bits per heavy atom. The molecule has 3 rings (SSSR count). The number of aryl methyl sites for hydroxylation is 1. The molecule has 2 aromatic rings. The molecule has 0 atom stereocenters. The van der Waals surface area contributed by atoms with Crippen LogP contribution in [0.25, 0.3) is 11.0 Å². The number of hydrogen-bond donors (Lipinski definition) is 2. The maximum Gasteiger partial charge on any atom is 0.252 e. The fourth-order valence-corrected chi connectivity index (χ4v) is 3.11. The fraction of sp³-hybridized carbons (Fsp3) is 0.500. The number of nitrogens with one attached hydrogen (secondary N) is 1. The first-order valence-electron chi connectivity index (χ1n) is 7.53. The van der Waals surface area contributed by atoms with Crippen LogP contribution < -0.4 is 5.32 Å². The van der Waals surface area contributed by atoms with E-state index in [2.05, 4.69) is 14.9 Å². The lowest BCUT2D eigenvalue weighted by molar-refractivity contribution is -0.139. The van der Waals surface area contributed by atoms with Gasteiger partial charge in [0.05, 0.1) is 11.0 Å². The maximum atomic E-state index is 12.1. The largest absolute Gasteiger partial charge is 0.380 e. The summed E-state index contributed by atoms with van der Waals surface area (Å²) >= 11 is 0. The molecule has 0 spiro atoms. The molecule has 1 heterocycles. The third kappa shape index (κ3) is 2.65. The summed E-state index contributed by atoms with van der Waals surface area (Å²) in [4.78, 5) is 16.6. The van der Waals surface area contributed by atoms with E-state index in [4.69, 9.17) is 0 Å². The van der Waals surface area contributed by atoms with E-state index in [1.807, 2.05) is 31.2 Å². The average Bonchev–Trinajstić information content (AvgIpc) is 3.04. The Bertz CT molecular complexity index is 657. The average molecular weight is 287 g/mol. The van der Waals surface area contributed by atoms with Crippen LogP contribution in [0.3, 0.4) is 0 Å². The number of imidazole rings is 1. The van der Waals surface area contributed by atoms with Crippen LogP contribution in [0.5, 0.6) is 0 Å². The SMILES string of the molecule is Cc1nc2ccccc2n1CCNC(=O)C1(O)CCCC1. The summed E-state index contributed by atoms with van der Waals surface area (Å²) in [6.45, 7) is 3.13. The molecule has 1 saturated carbocycles. The van der Waals surface area contributed by atoms with Gasteiger partial charge in [-0.25, -0.2) is 4.98 Å². The second-order valence-corrected chi connectivity index (χ2v) is 5.79. The maximum absolute atomic E-state index is 12.1. The minimum absolute atomic E-state index is 0.234. The highest BCUT2D eigenvalue weighted by Crippen LogP contribution is 2.29. The van der Waals surface area contributed by atoms with Crippen LogP contribution in [0.4, 0.5) is 0 Å². The molecule has 1 aliphatic carbocycles. The number of amides is 1. The van der Waals surface area contributed by atoms with E-state index < -0.39 is 5.60 Å². The van der Waals surface area contributed by atoms with Crippen molar-refractivity contribution < 1.29 is 9.90 Å². The molecule has 0 aliphatic heterocycles. The summed E-state index contributed by atoms with van der Waals surface area (Å²) in [6, 6.07) is 7.97. The van der Waals surface area contributed by atoms with Gasteiger partial charge in [0, 0.05) is 13.1 Å². The predicted molar refractivity (Wildman–Crippen MR) is 80.9 cm³/mol. The van der Waals surface area contributed by atoms with E-state index in [1.54, 1.807) is 0 Å². The van der Waals surface area contributed by atoms with Gasteiger partial charge in [-0.05, 0) is 44.7 Å². The molecule has 1 aromatic carbocycles. The molecule has 5 nitrogen and oxygen atoms in total. The van der Waals surface area contributed by atoms with Crippen molar-refractivity contribution in [2.75, 3.05) is 6.54 Å². The van der Waals surface area contributed by atoms with Crippen molar-refractivity contribution in [1.82, 2.24) is 14.9 Å². The topological polar surface area (TPSA) is 67.2 Å². The first-order chi connectivity index (χ1) is 10.1. The lowest BCUT2D eigenvalue weighted by Gasteiger charge is -2.21. The number of rotatable bonds is 4. The van der Waals surface area contributed by atoms with Gasteiger partial charge in [-0.1, -0.05) is 12.1 Å². The van der Waals surface area contributed by atoms with Crippen molar-refractivity contribution in [2.24, 2.45) is 0 Å². The molecule has 112 valence electrons. The number of para-hydroxylation sites is 2. The van der Waals surface area contributed by atoms with Crippen molar-refractivity contribution in [2.45, 2.75) is 44.8 Å². The molecule has 0 unspecified atom stereocenters. The Labute approximate surface area is 124 Å². The first-order valence-corrected chi connectivity index (χ1v) is 7.53. The normalized spacial score (nSPS) is 17.2. The molecular weight excluding hydrogens is 266 g/mol. The minimum atomic E-state index is -1.15. The van der Waals surface area contributed by atoms with Gasteiger partial charge >= 0.3 is 0 Å². The van der Waals surface area contributed by atoms with Gasteiger partial charge < -0.3 is 15.0 Å². The van der Waals surface area contributed by atoms with Crippen molar-refractivity contribution in [1.29, 1.82) is 0 Å². The van der Waals surface area contributed by atoms with Gasteiger partial charge in [-0.2, -0.15) is 0 Å². The zero-order valence-electron chi connectivity index (χ0n) is 12.3. The molecule has 5 heteroatoms. The molecular formula is C16H21N3O2. The molecule has 0 radical (unpaired) electrons. The fourth-order valence-electron chi connectivity index (χ4n) is 3.11. The Balaban J connectivity index is 1.64. The highest BCUT2D eigenvalue weighted by molar-refractivity contribution is 5.85. The Morgan fingerprint density at radius 3 is 2.86 bits per heavy atom. The van der Waals surface area contributed by atoms with E-state index >= 15 is 0 Å². The third-order valence-corrected chi connectivity index (χ3v) is 4.32. The molecule has 1 aromatic heterocycles. The number of carbonyl (C=O) groups excluding carboxylic acids is 1. The molecule has 1 aliphatic rings. The predicted octanol–water partition coefficient (Wildman–Crippen LogP) is 1.77. The van der Waals surface area contributed by atoms with Crippen molar-refractivity contribution in [3.05, 3.63) is 30.1 Å². The van der Waals surface area contributed by atoms with E-state index in [9.17, 15) is 9.90 Å². The summed E-state index contributed by atoms with van der Waals surface area (Å²) in [7, 11) is 0. The van der Waals surface area contributed by atoms with Crippen LogP contribution in [-0.2, 0) is 11.3 Å². The van der Waals surface area contributed by atoms with Gasteiger partial charge in [0.2, 0.25) is 0 Å². The van der Waals surface area contributed by atoms with E-state index in [1.165, 1.54) is 0 Å². The number of aliphatic hydroxyl groups is 1. The number of fused-ring (bicyclic) bond motifs is 1. The number of aromatic nitrogens is 2. The summed E-state index contributed by atoms with van der Waals surface area (Å²) < 4.78 is 2.09. The van der Waals surface area contributed by atoms with Crippen LogP contribution in [0.2, 0.25) is 0 Å². The molecule has 0 saturated heterocycles. The van der Waals surface area contributed by atoms with Crippen LogP contribution in [0.1, 0.15) is 31.5 Å². The lowest BCUT2D eigenvalue weighted by atomic mass is 10.0. The number of benzene rings is 1. The molecule has 21 heavy (non-hydrogen) atoms. The van der Waals surface area contributed by atoms with Gasteiger partial charge in [-0.15, -0.1) is 0 Å². The Morgan fingerprint density at radius 1 is 1.38 bits per heavy atom. The van der Waals surface area contributed by atoms with Gasteiger partial charge in [0.25, 0.3) is 5.91 Å². The standard InChI is InChI=1S/C16H21N3O2/c1-12-18-13-6-2-3-7-14(13)19(12)11-10-17-15(20)16(21)8-4-5-9-16/h2-3,6-7,21H,4-5,8-11H2,1H3,(H,17,20). The van der Waals surface area contributed by atoms with Gasteiger partial charge in [0.15, 0.2) is 0 Å². The van der Waals surface area contributed by atoms with E-state index in [-0.39, 0.29) is 5.91 Å². The van der Waals surface area contributed by atoms with E-state index in [0.717, 1.165) is 29.7 Å².